The molecular weight excluding hydrogens is 368 g/mol. The number of benzene rings is 3. The van der Waals surface area contributed by atoms with Crippen molar-refractivity contribution in [2.24, 2.45) is 4.99 Å². The summed E-state index contributed by atoms with van der Waals surface area (Å²) in [5.41, 5.74) is 3.15. The molecular formula is C23H22N2O2S. The van der Waals surface area contributed by atoms with E-state index in [1.807, 2.05) is 18.2 Å². The van der Waals surface area contributed by atoms with Crippen LogP contribution in [0, 0.1) is 0 Å². The molecule has 3 aromatic carbocycles. The first-order chi connectivity index (χ1) is 13.7. The second kappa shape index (κ2) is 7.90. The highest BCUT2D eigenvalue weighted by molar-refractivity contribution is 7.07. The molecule has 1 heterocycles. The van der Waals surface area contributed by atoms with Crippen LogP contribution in [0.3, 0.4) is 0 Å². The number of aromatic nitrogens is 1. The van der Waals surface area contributed by atoms with Crippen LogP contribution in [0.5, 0.6) is 11.5 Å². The fourth-order valence-corrected chi connectivity index (χ4v) is 4.27. The Morgan fingerprint density at radius 1 is 0.929 bits per heavy atom. The zero-order valence-corrected chi connectivity index (χ0v) is 17.0. The van der Waals surface area contributed by atoms with Crippen LogP contribution in [-0.4, -0.2) is 18.8 Å². The fourth-order valence-electron chi connectivity index (χ4n) is 3.28. The summed E-state index contributed by atoms with van der Waals surface area (Å²) in [6, 6.07) is 20.7. The Balaban J connectivity index is 1.82. The first-order valence-corrected chi connectivity index (χ1v) is 10.1. The number of hydrogen-bond donors (Lipinski definition) is 0. The monoisotopic (exact) mass is 390 g/mol. The highest BCUT2D eigenvalue weighted by Gasteiger charge is 2.09. The molecule has 0 aliphatic carbocycles. The molecule has 0 saturated heterocycles. The van der Waals surface area contributed by atoms with Gasteiger partial charge in [-0.1, -0.05) is 36.4 Å². The number of rotatable bonds is 5. The number of thiazole rings is 1. The summed E-state index contributed by atoms with van der Waals surface area (Å²) >= 11 is 1.63. The molecule has 142 valence electrons. The third-order valence-corrected chi connectivity index (χ3v) is 5.63. The number of ether oxygens (including phenoxy) is 2. The number of fused-ring (bicyclic) bond motifs is 1. The fraction of sp³-hybridized carbons (Fsp3) is 0.174. The Kier molecular flexibility index (Phi) is 5.17. The molecule has 0 unspecified atom stereocenters. The van der Waals surface area contributed by atoms with Crippen molar-refractivity contribution in [3.05, 3.63) is 70.8 Å². The summed E-state index contributed by atoms with van der Waals surface area (Å²) in [7, 11) is 3.29. The van der Waals surface area contributed by atoms with Gasteiger partial charge < -0.3 is 14.0 Å². The van der Waals surface area contributed by atoms with Crippen molar-refractivity contribution in [2.75, 3.05) is 14.2 Å². The van der Waals surface area contributed by atoms with Gasteiger partial charge in [-0.3, -0.25) is 0 Å². The van der Waals surface area contributed by atoms with Gasteiger partial charge in [0.2, 0.25) is 0 Å². The van der Waals surface area contributed by atoms with E-state index >= 15 is 0 Å². The van der Waals surface area contributed by atoms with Gasteiger partial charge >= 0.3 is 0 Å². The maximum atomic E-state index is 5.49. The highest BCUT2D eigenvalue weighted by Crippen LogP contribution is 2.31. The SMILES string of the molecule is CCn1c(-c2ccc3ccccc3c2)csc1=Nc1ccc(OC)cc1OC. The van der Waals surface area contributed by atoms with Gasteiger partial charge in [-0.2, -0.15) is 0 Å². The van der Waals surface area contributed by atoms with Crippen LogP contribution in [0.2, 0.25) is 0 Å². The molecule has 0 aliphatic heterocycles. The summed E-state index contributed by atoms with van der Waals surface area (Å²) < 4.78 is 13.0. The third kappa shape index (κ3) is 3.41. The van der Waals surface area contributed by atoms with Crippen molar-refractivity contribution in [1.29, 1.82) is 0 Å². The lowest BCUT2D eigenvalue weighted by atomic mass is 10.1. The molecule has 0 aliphatic rings. The maximum Gasteiger partial charge on any atom is 0.190 e. The van der Waals surface area contributed by atoms with E-state index in [9.17, 15) is 0 Å². The first kappa shape index (κ1) is 18.3. The van der Waals surface area contributed by atoms with Gasteiger partial charge in [0.15, 0.2) is 4.80 Å². The zero-order valence-electron chi connectivity index (χ0n) is 16.2. The zero-order chi connectivity index (χ0) is 19.5. The van der Waals surface area contributed by atoms with E-state index < -0.39 is 0 Å². The minimum Gasteiger partial charge on any atom is -0.497 e. The van der Waals surface area contributed by atoms with Crippen LogP contribution in [0.1, 0.15) is 6.92 Å². The van der Waals surface area contributed by atoms with Crippen LogP contribution in [0.4, 0.5) is 5.69 Å². The van der Waals surface area contributed by atoms with Crippen molar-refractivity contribution in [3.63, 3.8) is 0 Å². The van der Waals surface area contributed by atoms with Crippen LogP contribution < -0.4 is 14.3 Å². The normalized spacial score (nSPS) is 11.8. The van der Waals surface area contributed by atoms with Crippen molar-refractivity contribution < 1.29 is 9.47 Å². The molecule has 0 radical (unpaired) electrons. The predicted molar refractivity (Wildman–Crippen MR) is 116 cm³/mol. The summed E-state index contributed by atoms with van der Waals surface area (Å²) in [5, 5.41) is 4.66. The van der Waals surface area contributed by atoms with E-state index in [0.29, 0.717) is 5.75 Å². The Morgan fingerprint density at radius 3 is 2.50 bits per heavy atom. The highest BCUT2D eigenvalue weighted by atomic mass is 32.1. The van der Waals surface area contributed by atoms with Gasteiger partial charge in [0.1, 0.15) is 17.2 Å². The number of nitrogens with zero attached hydrogens (tertiary/aromatic N) is 2. The van der Waals surface area contributed by atoms with Crippen molar-refractivity contribution in [3.8, 4) is 22.8 Å². The second-order valence-corrected chi connectivity index (χ2v) is 7.20. The average Bonchev–Trinajstić information content (AvgIpc) is 3.16. The summed E-state index contributed by atoms with van der Waals surface area (Å²) in [4.78, 5) is 5.81. The number of methoxy groups -OCH3 is 2. The predicted octanol–water partition coefficient (Wildman–Crippen LogP) is 5.64. The van der Waals surface area contributed by atoms with E-state index in [0.717, 1.165) is 22.8 Å². The Morgan fingerprint density at radius 2 is 1.75 bits per heavy atom. The maximum absolute atomic E-state index is 5.49. The summed E-state index contributed by atoms with van der Waals surface area (Å²) in [5.74, 6) is 1.45. The molecule has 4 aromatic rings. The molecule has 0 spiro atoms. The van der Waals surface area contributed by atoms with Gasteiger partial charge in [-0.05, 0) is 41.5 Å². The lowest BCUT2D eigenvalue weighted by Gasteiger charge is -2.09. The van der Waals surface area contributed by atoms with Gasteiger partial charge in [-0.25, -0.2) is 4.99 Å². The van der Waals surface area contributed by atoms with E-state index in [4.69, 9.17) is 14.5 Å². The molecule has 4 nitrogen and oxygen atoms in total. The van der Waals surface area contributed by atoms with Crippen LogP contribution in [0.25, 0.3) is 22.0 Å². The molecule has 4 rings (SSSR count). The van der Waals surface area contributed by atoms with Crippen LogP contribution in [-0.2, 0) is 6.54 Å². The molecule has 0 N–H and O–H groups in total. The molecule has 1 aromatic heterocycles. The molecule has 0 fully saturated rings. The van der Waals surface area contributed by atoms with Crippen LogP contribution in [0.15, 0.2) is 71.0 Å². The largest absolute Gasteiger partial charge is 0.497 e. The average molecular weight is 391 g/mol. The molecule has 0 saturated carbocycles. The minimum absolute atomic E-state index is 0.697. The Labute approximate surface area is 168 Å². The molecule has 28 heavy (non-hydrogen) atoms. The summed E-state index contributed by atoms with van der Waals surface area (Å²) in [6.07, 6.45) is 0. The smallest absolute Gasteiger partial charge is 0.190 e. The third-order valence-electron chi connectivity index (χ3n) is 4.76. The van der Waals surface area contributed by atoms with Gasteiger partial charge in [0.25, 0.3) is 0 Å². The van der Waals surface area contributed by atoms with Gasteiger partial charge in [-0.15, -0.1) is 11.3 Å². The van der Waals surface area contributed by atoms with Gasteiger partial charge in [0, 0.05) is 18.0 Å². The lowest BCUT2D eigenvalue weighted by molar-refractivity contribution is 0.395. The first-order valence-electron chi connectivity index (χ1n) is 9.17. The molecule has 0 atom stereocenters. The molecule has 5 heteroatoms. The molecule has 0 bridgehead atoms. The Bertz CT molecular complexity index is 1190. The molecule has 0 amide bonds. The Hall–Kier alpha value is -3.05. The van der Waals surface area contributed by atoms with E-state index in [1.54, 1.807) is 25.6 Å². The standard InChI is InChI=1S/C23H22N2O2S/c1-4-25-21(18-10-9-16-7-5-6-8-17(16)13-18)15-28-23(25)24-20-12-11-19(26-2)14-22(20)27-3/h5-15H,4H2,1-3H3. The van der Waals surface area contributed by atoms with E-state index in [-0.39, 0.29) is 0 Å². The van der Waals surface area contributed by atoms with E-state index in [1.165, 1.54) is 22.0 Å². The van der Waals surface area contributed by atoms with Gasteiger partial charge in [0.05, 0.1) is 19.9 Å². The number of hydrogen-bond acceptors (Lipinski definition) is 4. The minimum atomic E-state index is 0.697. The van der Waals surface area contributed by atoms with Crippen molar-refractivity contribution in [1.82, 2.24) is 4.57 Å². The topological polar surface area (TPSA) is 35.8 Å². The summed E-state index contributed by atoms with van der Waals surface area (Å²) in [6.45, 7) is 2.98. The van der Waals surface area contributed by atoms with Crippen molar-refractivity contribution in [2.45, 2.75) is 13.5 Å². The van der Waals surface area contributed by atoms with Crippen LogP contribution >= 0.6 is 11.3 Å². The van der Waals surface area contributed by atoms with Crippen molar-refractivity contribution >= 4 is 27.8 Å². The van der Waals surface area contributed by atoms with E-state index in [2.05, 4.69) is 59.3 Å². The second-order valence-electron chi connectivity index (χ2n) is 6.36. The lowest BCUT2D eigenvalue weighted by Crippen LogP contribution is -2.14. The quantitative estimate of drug-likeness (QED) is 0.442.